The van der Waals surface area contributed by atoms with E-state index in [2.05, 4.69) is 0 Å². The van der Waals surface area contributed by atoms with Gasteiger partial charge in [0.2, 0.25) is 0 Å². The summed E-state index contributed by atoms with van der Waals surface area (Å²) in [6.07, 6.45) is 9.99. The molecule has 0 N–H and O–H groups in total. The van der Waals surface area contributed by atoms with Crippen LogP contribution in [0.2, 0.25) is 0 Å². The Balaban J connectivity index is 2.20. The number of nitrogens with zero attached hydrogens (tertiary/aromatic N) is 3. The van der Waals surface area contributed by atoms with E-state index in [1.54, 1.807) is 0 Å². The molecule has 0 saturated carbocycles. The molecular formula is C23H21N3. The van der Waals surface area contributed by atoms with Gasteiger partial charge in [0.15, 0.2) is 17.5 Å². The van der Waals surface area contributed by atoms with E-state index in [0.717, 1.165) is 16.7 Å². The fourth-order valence-electron chi connectivity index (χ4n) is 2.52. The number of rotatable bonds is 5. The maximum absolute atomic E-state index is 4.73. The van der Waals surface area contributed by atoms with Crippen molar-refractivity contribution in [1.82, 2.24) is 15.0 Å². The Morgan fingerprint density at radius 2 is 1.23 bits per heavy atom. The molecule has 3 nitrogen and oxygen atoms in total. The summed E-state index contributed by atoms with van der Waals surface area (Å²) in [5, 5.41) is 0. The van der Waals surface area contributed by atoms with E-state index in [1.807, 2.05) is 105 Å². The second kappa shape index (κ2) is 8.67. The Labute approximate surface area is 154 Å². The van der Waals surface area contributed by atoms with Crippen molar-refractivity contribution in [2.45, 2.75) is 13.8 Å². The normalized spacial score (nSPS) is 12.2. The minimum absolute atomic E-state index is 0.661. The quantitative estimate of drug-likeness (QED) is 0.556. The first-order chi connectivity index (χ1) is 12.8. The van der Waals surface area contributed by atoms with E-state index < -0.39 is 0 Å². The molecule has 128 valence electrons. The van der Waals surface area contributed by atoms with Gasteiger partial charge >= 0.3 is 0 Å². The summed E-state index contributed by atoms with van der Waals surface area (Å²) in [6, 6.07) is 20.0. The van der Waals surface area contributed by atoms with Crippen molar-refractivity contribution in [3.05, 3.63) is 96.9 Å². The van der Waals surface area contributed by atoms with E-state index in [9.17, 15) is 0 Å². The Kier molecular flexibility index (Phi) is 5.84. The van der Waals surface area contributed by atoms with Crippen LogP contribution < -0.4 is 0 Å². The number of benzene rings is 2. The molecule has 1 aromatic heterocycles. The molecule has 2 aromatic carbocycles. The molecule has 0 radical (unpaired) electrons. The van der Waals surface area contributed by atoms with Crippen molar-refractivity contribution in [3.63, 3.8) is 0 Å². The highest BCUT2D eigenvalue weighted by atomic mass is 15.0. The SMILES string of the molecule is C\C=C/C=C(\C=C/C)c1nc(-c2ccccc2)nc(-c2ccccc2)n1. The Morgan fingerprint density at radius 3 is 1.69 bits per heavy atom. The molecule has 3 rings (SSSR count). The molecule has 0 unspecified atom stereocenters. The molecule has 0 aliphatic heterocycles. The third-order valence-electron chi connectivity index (χ3n) is 3.77. The van der Waals surface area contributed by atoms with Gasteiger partial charge < -0.3 is 0 Å². The fraction of sp³-hybridized carbons (Fsp3) is 0.0870. The van der Waals surface area contributed by atoms with Gasteiger partial charge in [-0.2, -0.15) is 0 Å². The van der Waals surface area contributed by atoms with Crippen LogP contribution in [0.15, 0.2) is 91.0 Å². The van der Waals surface area contributed by atoms with E-state index in [1.165, 1.54) is 0 Å². The molecule has 0 amide bonds. The van der Waals surface area contributed by atoms with Gasteiger partial charge in [0.25, 0.3) is 0 Å². The predicted molar refractivity (Wildman–Crippen MR) is 108 cm³/mol. The molecule has 1 heterocycles. The van der Waals surface area contributed by atoms with Crippen molar-refractivity contribution < 1.29 is 0 Å². The Morgan fingerprint density at radius 1 is 0.692 bits per heavy atom. The lowest BCUT2D eigenvalue weighted by Gasteiger charge is -2.08. The van der Waals surface area contributed by atoms with Gasteiger partial charge in [-0.3, -0.25) is 0 Å². The van der Waals surface area contributed by atoms with Gasteiger partial charge in [-0.25, -0.2) is 15.0 Å². The van der Waals surface area contributed by atoms with E-state index in [4.69, 9.17) is 15.0 Å². The molecule has 26 heavy (non-hydrogen) atoms. The van der Waals surface area contributed by atoms with Crippen molar-refractivity contribution >= 4 is 5.57 Å². The van der Waals surface area contributed by atoms with Crippen LogP contribution in [0, 0.1) is 0 Å². The highest BCUT2D eigenvalue weighted by molar-refractivity contribution is 5.73. The Bertz CT molecular complexity index is 882. The zero-order valence-corrected chi connectivity index (χ0v) is 15.0. The lowest BCUT2D eigenvalue weighted by atomic mass is 10.1. The summed E-state index contributed by atoms with van der Waals surface area (Å²) in [5.74, 6) is 2.00. The van der Waals surface area contributed by atoms with Gasteiger partial charge in [-0.1, -0.05) is 91.0 Å². The smallest absolute Gasteiger partial charge is 0.164 e. The van der Waals surface area contributed by atoms with Gasteiger partial charge in [-0.15, -0.1) is 0 Å². The number of aromatic nitrogens is 3. The summed E-state index contributed by atoms with van der Waals surface area (Å²) in [4.78, 5) is 14.2. The van der Waals surface area contributed by atoms with Crippen molar-refractivity contribution in [3.8, 4) is 22.8 Å². The zero-order valence-electron chi connectivity index (χ0n) is 15.0. The molecule has 3 heteroatoms. The van der Waals surface area contributed by atoms with Crippen LogP contribution in [0.4, 0.5) is 0 Å². The standard InChI is InChI=1S/C23H21N3/c1-3-5-13-18(12-4-2)21-24-22(19-14-8-6-9-15-19)26-23(25-21)20-16-10-7-11-17-20/h3-17H,1-2H3/b5-3-,12-4-,18-13+. The van der Waals surface area contributed by atoms with Gasteiger partial charge in [0.1, 0.15) is 0 Å². The van der Waals surface area contributed by atoms with Crippen LogP contribution in [0.3, 0.4) is 0 Å². The molecular weight excluding hydrogens is 318 g/mol. The minimum atomic E-state index is 0.661. The summed E-state index contributed by atoms with van der Waals surface area (Å²) in [6.45, 7) is 3.98. The summed E-state index contributed by atoms with van der Waals surface area (Å²) < 4.78 is 0. The van der Waals surface area contributed by atoms with Crippen molar-refractivity contribution in [1.29, 1.82) is 0 Å². The first-order valence-electron chi connectivity index (χ1n) is 8.65. The summed E-state index contributed by atoms with van der Waals surface area (Å²) in [7, 11) is 0. The maximum atomic E-state index is 4.73. The van der Waals surface area contributed by atoms with Gasteiger partial charge in [0, 0.05) is 16.7 Å². The largest absolute Gasteiger partial charge is 0.208 e. The molecule has 0 atom stereocenters. The fourth-order valence-corrected chi connectivity index (χ4v) is 2.52. The number of allylic oxidation sites excluding steroid dienone is 6. The topological polar surface area (TPSA) is 38.7 Å². The molecule has 0 aliphatic carbocycles. The Hall–Kier alpha value is -3.33. The molecule has 0 aliphatic rings. The second-order valence-corrected chi connectivity index (χ2v) is 5.69. The van der Waals surface area contributed by atoms with E-state index in [-0.39, 0.29) is 0 Å². The maximum Gasteiger partial charge on any atom is 0.164 e. The van der Waals surface area contributed by atoms with Crippen LogP contribution >= 0.6 is 0 Å². The highest BCUT2D eigenvalue weighted by Gasteiger charge is 2.11. The third-order valence-corrected chi connectivity index (χ3v) is 3.77. The van der Waals surface area contributed by atoms with E-state index >= 15 is 0 Å². The molecule has 0 saturated heterocycles. The third kappa shape index (κ3) is 4.19. The molecule has 0 fully saturated rings. The minimum Gasteiger partial charge on any atom is -0.208 e. The van der Waals surface area contributed by atoms with Crippen LogP contribution in [0.5, 0.6) is 0 Å². The van der Waals surface area contributed by atoms with Crippen LogP contribution in [0.25, 0.3) is 28.3 Å². The summed E-state index contributed by atoms with van der Waals surface area (Å²) in [5.41, 5.74) is 2.89. The first kappa shape index (κ1) is 17.5. The average Bonchev–Trinajstić information content (AvgIpc) is 2.72. The lowest BCUT2D eigenvalue weighted by Crippen LogP contribution is -2.02. The van der Waals surface area contributed by atoms with Crippen molar-refractivity contribution in [2.24, 2.45) is 0 Å². The van der Waals surface area contributed by atoms with E-state index in [0.29, 0.717) is 17.5 Å². The van der Waals surface area contributed by atoms with Crippen molar-refractivity contribution in [2.75, 3.05) is 0 Å². The zero-order chi connectivity index (χ0) is 18.2. The first-order valence-corrected chi connectivity index (χ1v) is 8.65. The molecule has 3 aromatic rings. The summed E-state index contributed by atoms with van der Waals surface area (Å²) >= 11 is 0. The second-order valence-electron chi connectivity index (χ2n) is 5.69. The van der Waals surface area contributed by atoms with Crippen LogP contribution in [-0.4, -0.2) is 15.0 Å². The van der Waals surface area contributed by atoms with Crippen LogP contribution in [-0.2, 0) is 0 Å². The predicted octanol–water partition coefficient (Wildman–Crippen LogP) is 5.74. The number of hydrogen-bond acceptors (Lipinski definition) is 3. The van der Waals surface area contributed by atoms with Gasteiger partial charge in [0.05, 0.1) is 0 Å². The molecule has 0 spiro atoms. The lowest BCUT2D eigenvalue weighted by molar-refractivity contribution is 1.04. The van der Waals surface area contributed by atoms with Gasteiger partial charge in [-0.05, 0) is 13.8 Å². The van der Waals surface area contributed by atoms with Crippen LogP contribution in [0.1, 0.15) is 19.7 Å². The number of hydrogen-bond donors (Lipinski definition) is 0. The average molecular weight is 339 g/mol. The highest BCUT2D eigenvalue weighted by Crippen LogP contribution is 2.23. The molecule has 0 bridgehead atoms. The monoisotopic (exact) mass is 339 g/mol.